The zero-order valence-electron chi connectivity index (χ0n) is 11.7. The molecule has 6 heteroatoms. The van der Waals surface area contributed by atoms with Gasteiger partial charge in [0, 0.05) is 12.1 Å². The molecule has 0 amide bonds. The molecule has 108 valence electrons. The van der Waals surface area contributed by atoms with E-state index in [0.717, 1.165) is 16.9 Å². The minimum atomic E-state index is -0.846. The van der Waals surface area contributed by atoms with Gasteiger partial charge in [0.2, 0.25) is 0 Å². The molecule has 1 aromatic carbocycles. The summed E-state index contributed by atoms with van der Waals surface area (Å²) < 4.78 is 1.94. The van der Waals surface area contributed by atoms with Crippen molar-refractivity contribution in [3.8, 4) is 0 Å². The van der Waals surface area contributed by atoms with Gasteiger partial charge < -0.3 is 9.67 Å². The molecule has 1 aromatic heterocycles. The first-order valence-electron chi connectivity index (χ1n) is 6.47. The van der Waals surface area contributed by atoms with Crippen molar-refractivity contribution in [1.29, 1.82) is 0 Å². The standard InChI is InChI=1S/C14H18ClN3O2/c1-8(2)13(14(19)20)16-7-12-17-10-6-9(15)4-5-11(10)18(12)3/h4-6,8,13,16H,7H2,1-3H3,(H,19,20)/t13-/m1/s1. The van der Waals surface area contributed by atoms with Crippen LogP contribution in [0.1, 0.15) is 19.7 Å². The van der Waals surface area contributed by atoms with Crippen LogP contribution in [0.2, 0.25) is 5.02 Å². The predicted octanol–water partition coefficient (Wildman–Crippen LogP) is 2.43. The van der Waals surface area contributed by atoms with Gasteiger partial charge in [-0.25, -0.2) is 4.98 Å². The van der Waals surface area contributed by atoms with E-state index in [1.165, 1.54) is 0 Å². The number of benzene rings is 1. The lowest BCUT2D eigenvalue weighted by Crippen LogP contribution is -2.40. The molecule has 0 fully saturated rings. The molecule has 2 aromatic rings. The SMILES string of the molecule is CC(C)[C@@H](NCc1nc2cc(Cl)ccc2n1C)C(=O)O. The topological polar surface area (TPSA) is 67.2 Å². The van der Waals surface area contributed by atoms with Crippen LogP contribution < -0.4 is 5.32 Å². The maximum Gasteiger partial charge on any atom is 0.320 e. The molecule has 0 spiro atoms. The quantitative estimate of drug-likeness (QED) is 0.889. The van der Waals surface area contributed by atoms with E-state index >= 15 is 0 Å². The van der Waals surface area contributed by atoms with Gasteiger partial charge in [-0.3, -0.25) is 10.1 Å². The zero-order chi connectivity index (χ0) is 14.9. The van der Waals surface area contributed by atoms with Gasteiger partial charge in [-0.2, -0.15) is 0 Å². The zero-order valence-corrected chi connectivity index (χ0v) is 12.5. The molecule has 2 N–H and O–H groups in total. The summed E-state index contributed by atoms with van der Waals surface area (Å²) in [4.78, 5) is 15.6. The summed E-state index contributed by atoms with van der Waals surface area (Å²) in [6, 6.07) is 4.94. The highest BCUT2D eigenvalue weighted by Gasteiger charge is 2.21. The highest BCUT2D eigenvalue weighted by atomic mass is 35.5. The molecule has 0 radical (unpaired) electrons. The third-order valence-electron chi connectivity index (χ3n) is 3.35. The van der Waals surface area contributed by atoms with Gasteiger partial charge in [-0.05, 0) is 24.1 Å². The number of rotatable bonds is 5. The van der Waals surface area contributed by atoms with Gasteiger partial charge in [-0.1, -0.05) is 25.4 Å². The third kappa shape index (κ3) is 2.94. The molecule has 0 bridgehead atoms. The van der Waals surface area contributed by atoms with Crippen LogP contribution in [0.4, 0.5) is 0 Å². The van der Waals surface area contributed by atoms with Gasteiger partial charge in [0.15, 0.2) is 0 Å². The Bertz CT molecular complexity index is 637. The number of carboxylic acids is 1. The summed E-state index contributed by atoms with van der Waals surface area (Å²) in [5.74, 6) is -0.0485. The molecule has 5 nitrogen and oxygen atoms in total. The van der Waals surface area contributed by atoms with Crippen molar-refractivity contribution in [2.24, 2.45) is 13.0 Å². The average molecular weight is 296 g/mol. The molecule has 20 heavy (non-hydrogen) atoms. The maximum atomic E-state index is 11.2. The van der Waals surface area contributed by atoms with Gasteiger partial charge in [-0.15, -0.1) is 0 Å². The highest BCUT2D eigenvalue weighted by molar-refractivity contribution is 6.31. The number of nitrogens with one attached hydrogen (secondary N) is 1. The Hall–Kier alpha value is -1.59. The number of imidazole rings is 1. The van der Waals surface area contributed by atoms with E-state index in [1.54, 1.807) is 6.07 Å². The molecule has 0 aliphatic rings. The fraction of sp³-hybridized carbons (Fsp3) is 0.429. The van der Waals surface area contributed by atoms with E-state index in [1.807, 2.05) is 37.6 Å². The molecule has 2 rings (SSSR count). The number of hydrogen-bond donors (Lipinski definition) is 2. The number of carbonyl (C=O) groups is 1. The Morgan fingerprint density at radius 3 is 2.80 bits per heavy atom. The summed E-state index contributed by atoms with van der Waals surface area (Å²) in [6.45, 7) is 4.15. The lowest BCUT2D eigenvalue weighted by Gasteiger charge is -2.17. The van der Waals surface area contributed by atoms with Crippen molar-refractivity contribution in [3.63, 3.8) is 0 Å². The van der Waals surface area contributed by atoms with E-state index in [2.05, 4.69) is 10.3 Å². The normalized spacial score (nSPS) is 13.1. The molecular weight excluding hydrogens is 278 g/mol. The minimum Gasteiger partial charge on any atom is -0.480 e. The van der Waals surface area contributed by atoms with E-state index in [9.17, 15) is 4.79 Å². The smallest absolute Gasteiger partial charge is 0.320 e. The largest absolute Gasteiger partial charge is 0.480 e. The van der Waals surface area contributed by atoms with Gasteiger partial charge in [0.1, 0.15) is 11.9 Å². The van der Waals surface area contributed by atoms with Crippen molar-refractivity contribution in [2.45, 2.75) is 26.4 Å². The lowest BCUT2D eigenvalue weighted by atomic mass is 10.1. The summed E-state index contributed by atoms with van der Waals surface area (Å²) in [6.07, 6.45) is 0. The maximum absolute atomic E-state index is 11.2. The van der Waals surface area contributed by atoms with Crippen molar-refractivity contribution < 1.29 is 9.90 Å². The van der Waals surface area contributed by atoms with Crippen molar-refractivity contribution >= 4 is 28.6 Å². The predicted molar refractivity (Wildman–Crippen MR) is 78.8 cm³/mol. The first kappa shape index (κ1) is 14.8. The Morgan fingerprint density at radius 2 is 2.20 bits per heavy atom. The Balaban J connectivity index is 2.21. The summed E-state index contributed by atoms with van der Waals surface area (Å²) >= 11 is 5.95. The number of nitrogens with zero attached hydrogens (tertiary/aromatic N) is 2. The molecule has 0 saturated carbocycles. The molecule has 0 aliphatic heterocycles. The highest BCUT2D eigenvalue weighted by Crippen LogP contribution is 2.19. The third-order valence-corrected chi connectivity index (χ3v) is 3.58. The first-order valence-corrected chi connectivity index (χ1v) is 6.85. The number of aromatic nitrogens is 2. The fourth-order valence-electron chi connectivity index (χ4n) is 2.19. The number of carboxylic acid groups (broad SMARTS) is 1. The first-order chi connectivity index (χ1) is 9.40. The van der Waals surface area contributed by atoms with Crippen LogP contribution >= 0.6 is 11.6 Å². The molecular formula is C14H18ClN3O2. The van der Waals surface area contributed by atoms with Gasteiger partial charge >= 0.3 is 5.97 Å². The number of aliphatic carboxylic acids is 1. The monoisotopic (exact) mass is 295 g/mol. The second-order valence-corrected chi connectivity index (χ2v) is 5.60. The van der Waals surface area contributed by atoms with Crippen molar-refractivity contribution in [1.82, 2.24) is 14.9 Å². The lowest BCUT2D eigenvalue weighted by molar-refractivity contribution is -0.140. The van der Waals surface area contributed by atoms with Crippen LogP contribution in [0, 0.1) is 5.92 Å². The number of hydrogen-bond acceptors (Lipinski definition) is 3. The number of aryl methyl sites for hydroxylation is 1. The van der Waals surface area contributed by atoms with E-state index < -0.39 is 12.0 Å². The van der Waals surface area contributed by atoms with E-state index in [0.29, 0.717) is 11.6 Å². The van der Waals surface area contributed by atoms with Gasteiger partial charge in [0.25, 0.3) is 0 Å². The van der Waals surface area contributed by atoms with Crippen molar-refractivity contribution in [2.75, 3.05) is 0 Å². The van der Waals surface area contributed by atoms with Crippen LogP contribution in [0.5, 0.6) is 0 Å². The Kier molecular flexibility index (Phi) is 4.30. The molecule has 0 saturated heterocycles. The van der Waals surface area contributed by atoms with Crippen LogP contribution in [0.3, 0.4) is 0 Å². The fourth-order valence-corrected chi connectivity index (χ4v) is 2.36. The van der Waals surface area contributed by atoms with Crippen LogP contribution in [0.15, 0.2) is 18.2 Å². The summed E-state index contributed by atoms with van der Waals surface area (Å²) in [5.41, 5.74) is 1.79. The molecule has 0 aliphatic carbocycles. The average Bonchev–Trinajstić information content (AvgIpc) is 2.65. The van der Waals surface area contributed by atoms with Crippen LogP contribution in [0.25, 0.3) is 11.0 Å². The summed E-state index contributed by atoms with van der Waals surface area (Å²) in [7, 11) is 1.91. The van der Waals surface area contributed by atoms with E-state index in [-0.39, 0.29) is 5.92 Å². The number of halogens is 1. The van der Waals surface area contributed by atoms with Crippen LogP contribution in [-0.2, 0) is 18.4 Å². The van der Waals surface area contributed by atoms with Gasteiger partial charge in [0.05, 0.1) is 17.6 Å². The van der Waals surface area contributed by atoms with Crippen molar-refractivity contribution in [3.05, 3.63) is 29.0 Å². The second kappa shape index (κ2) is 5.81. The molecule has 1 atom stereocenters. The van der Waals surface area contributed by atoms with E-state index in [4.69, 9.17) is 16.7 Å². The number of fused-ring (bicyclic) bond motifs is 1. The second-order valence-electron chi connectivity index (χ2n) is 5.16. The summed E-state index contributed by atoms with van der Waals surface area (Å²) in [5, 5.41) is 12.8. The molecule has 0 unspecified atom stereocenters. The minimum absolute atomic E-state index is 0.0108. The van der Waals surface area contributed by atoms with Crippen LogP contribution in [-0.4, -0.2) is 26.7 Å². The Morgan fingerprint density at radius 1 is 1.50 bits per heavy atom. The Labute approximate surface area is 122 Å². The molecule has 1 heterocycles.